The van der Waals surface area contributed by atoms with Crippen LogP contribution in [0.15, 0.2) is 35.3 Å². The molecule has 19 heavy (non-hydrogen) atoms. The van der Waals surface area contributed by atoms with E-state index in [9.17, 15) is 4.79 Å². The Kier molecular flexibility index (Phi) is 4.41. The fourth-order valence-electron chi connectivity index (χ4n) is 1.56. The third kappa shape index (κ3) is 3.48. The van der Waals surface area contributed by atoms with Gasteiger partial charge in [-0.2, -0.15) is 0 Å². The average molecular weight is 280 g/mol. The van der Waals surface area contributed by atoms with Crippen LogP contribution in [0.1, 0.15) is 22.8 Å². The summed E-state index contributed by atoms with van der Waals surface area (Å²) in [6, 6.07) is 3.43. The predicted octanol–water partition coefficient (Wildman–Crippen LogP) is 2.69. The highest BCUT2D eigenvalue weighted by Crippen LogP contribution is 2.18. The SMILES string of the molecule is CCNc1cc(C(=O)NCc2ccoc2)c(Cl)cn1. The zero-order chi connectivity index (χ0) is 13.7. The molecule has 0 saturated heterocycles. The number of amides is 1. The fourth-order valence-corrected chi connectivity index (χ4v) is 1.75. The zero-order valence-electron chi connectivity index (χ0n) is 10.4. The highest BCUT2D eigenvalue weighted by molar-refractivity contribution is 6.33. The highest BCUT2D eigenvalue weighted by atomic mass is 35.5. The lowest BCUT2D eigenvalue weighted by molar-refractivity contribution is 0.0951. The van der Waals surface area contributed by atoms with Gasteiger partial charge in [0.15, 0.2) is 0 Å². The molecule has 0 fully saturated rings. The van der Waals surface area contributed by atoms with Crippen LogP contribution in [0.25, 0.3) is 0 Å². The first-order valence-electron chi connectivity index (χ1n) is 5.89. The van der Waals surface area contributed by atoms with Gasteiger partial charge in [0.25, 0.3) is 5.91 Å². The normalized spacial score (nSPS) is 10.2. The summed E-state index contributed by atoms with van der Waals surface area (Å²) in [7, 11) is 0. The molecule has 0 aliphatic heterocycles. The fraction of sp³-hybridized carbons (Fsp3) is 0.231. The van der Waals surface area contributed by atoms with Crippen LogP contribution < -0.4 is 10.6 Å². The largest absolute Gasteiger partial charge is 0.472 e. The number of hydrogen-bond acceptors (Lipinski definition) is 4. The lowest BCUT2D eigenvalue weighted by Gasteiger charge is -2.08. The van der Waals surface area contributed by atoms with Crippen molar-refractivity contribution < 1.29 is 9.21 Å². The van der Waals surface area contributed by atoms with Gasteiger partial charge in [-0.05, 0) is 19.1 Å². The van der Waals surface area contributed by atoms with E-state index in [1.54, 1.807) is 24.7 Å². The van der Waals surface area contributed by atoms with E-state index in [4.69, 9.17) is 16.0 Å². The highest BCUT2D eigenvalue weighted by Gasteiger charge is 2.12. The van der Waals surface area contributed by atoms with Gasteiger partial charge in [-0.25, -0.2) is 4.98 Å². The van der Waals surface area contributed by atoms with Gasteiger partial charge in [0.05, 0.1) is 23.1 Å². The molecule has 0 unspecified atom stereocenters. The Labute approximate surface area is 116 Å². The molecule has 0 aromatic carbocycles. The molecular formula is C13H14ClN3O2. The quantitative estimate of drug-likeness (QED) is 0.883. The smallest absolute Gasteiger partial charge is 0.253 e. The molecule has 100 valence electrons. The van der Waals surface area contributed by atoms with Gasteiger partial charge < -0.3 is 15.1 Å². The van der Waals surface area contributed by atoms with Crippen molar-refractivity contribution >= 4 is 23.3 Å². The molecule has 2 N–H and O–H groups in total. The van der Waals surface area contributed by atoms with E-state index in [1.807, 2.05) is 6.92 Å². The van der Waals surface area contributed by atoms with Crippen LogP contribution in [0.2, 0.25) is 5.02 Å². The maximum atomic E-state index is 12.0. The Morgan fingerprint density at radius 2 is 2.37 bits per heavy atom. The van der Waals surface area contributed by atoms with E-state index in [-0.39, 0.29) is 5.91 Å². The monoisotopic (exact) mass is 279 g/mol. The molecule has 0 radical (unpaired) electrons. The lowest BCUT2D eigenvalue weighted by Crippen LogP contribution is -2.23. The third-order valence-electron chi connectivity index (χ3n) is 2.49. The van der Waals surface area contributed by atoms with Crippen molar-refractivity contribution in [1.82, 2.24) is 10.3 Å². The van der Waals surface area contributed by atoms with Crippen molar-refractivity contribution in [3.63, 3.8) is 0 Å². The van der Waals surface area contributed by atoms with E-state index in [0.717, 1.165) is 12.1 Å². The van der Waals surface area contributed by atoms with Crippen molar-refractivity contribution in [3.05, 3.63) is 47.0 Å². The molecule has 0 aliphatic rings. The molecule has 0 spiro atoms. The summed E-state index contributed by atoms with van der Waals surface area (Å²) < 4.78 is 4.93. The van der Waals surface area contributed by atoms with Crippen molar-refractivity contribution in [2.75, 3.05) is 11.9 Å². The number of rotatable bonds is 5. The zero-order valence-corrected chi connectivity index (χ0v) is 11.2. The molecule has 6 heteroatoms. The van der Waals surface area contributed by atoms with Crippen LogP contribution in [0.3, 0.4) is 0 Å². The summed E-state index contributed by atoms with van der Waals surface area (Å²) in [5.41, 5.74) is 1.29. The number of halogens is 1. The van der Waals surface area contributed by atoms with Crippen molar-refractivity contribution in [1.29, 1.82) is 0 Å². The summed E-state index contributed by atoms with van der Waals surface area (Å²) in [6.45, 7) is 3.07. The molecule has 0 aliphatic carbocycles. The molecular weight excluding hydrogens is 266 g/mol. The van der Waals surface area contributed by atoms with Crippen molar-refractivity contribution in [3.8, 4) is 0 Å². The third-order valence-corrected chi connectivity index (χ3v) is 2.79. The lowest BCUT2D eigenvalue weighted by atomic mass is 10.2. The van der Waals surface area contributed by atoms with Crippen LogP contribution in [-0.2, 0) is 6.54 Å². The van der Waals surface area contributed by atoms with E-state index in [2.05, 4.69) is 15.6 Å². The van der Waals surface area contributed by atoms with Gasteiger partial charge in [-0.15, -0.1) is 0 Å². The van der Waals surface area contributed by atoms with E-state index < -0.39 is 0 Å². The molecule has 0 bridgehead atoms. The number of carbonyl (C=O) groups excluding carboxylic acids is 1. The predicted molar refractivity (Wildman–Crippen MR) is 73.3 cm³/mol. The number of anilines is 1. The van der Waals surface area contributed by atoms with Crippen molar-refractivity contribution in [2.45, 2.75) is 13.5 Å². The minimum atomic E-state index is -0.243. The van der Waals surface area contributed by atoms with E-state index in [0.29, 0.717) is 22.9 Å². The second-order valence-corrected chi connectivity index (χ2v) is 4.30. The molecule has 0 saturated carbocycles. The van der Waals surface area contributed by atoms with Gasteiger partial charge in [0.2, 0.25) is 0 Å². The minimum absolute atomic E-state index is 0.243. The number of furan rings is 1. The number of nitrogens with zero attached hydrogens (tertiary/aromatic N) is 1. The number of carbonyl (C=O) groups is 1. The van der Waals surface area contributed by atoms with Crippen molar-refractivity contribution in [2.24, 2.45) is 0 Å². The molecule has 0 atom stereocenters. The number of pyridine rings is 1. The molecule has 5 nitrogen and oxygen atoms in total. The first-order chi connectivity index (χ1) is 9.20. The summed E-state index contributed by atoms with van der Waals surface area (Å²) in [5, 5.41) is 6.13. The number of nitrogens with one attached hydrogen (secondary N) is 2. The van der Waals surface area contributed by atoms with Gasteiger partial charge in [0.1, 0.15) is 5.82 Å². The van der Waals surface area contributed by atoms with Crippen LogP contribution in [0, 0.1) is 0 Å². The molecule has 2 heterocycles. The van der Waals surface area contributed by atoms with E-state index >= 15 is 0 Å². The average Bonchev–Trinajstić information content (AvgIpc) is 2.92. The van der Waals surface area contributed by atoms with Crippen LogP contribution in [-0.4, -0.2) is 17.4 Å². The molecule has 2 aromatic rings. The molecule has 2 rings (SSSR count). The van der Waals surface area contributed by atoms with Gasteiger partial charge in [-0.3, -0.25) is 4.79 Å². The van der Waals surface area contributed by atoms with E-state index in [1.165, 1.54) is 6.20 Å². The standard InChI is InChI=1S/C13H14ClN3O2/c1-2-15-12-5-10(11(14)7-16-12)13(18)17-6-9-3-4-19-8-9/h3-5,7-8H,2,6H2,1H3,(H,15,16)(H,17,18). The second-order valence-electron chi connectivity index (χ2n) is 3.89. The summed E-state index contributed by atoms with van der Waals surface area (Å²) in [5.74, 6) is 0.383. The molecule has 2 aromatic heterocycles. The summed E-state index contributed by atoms with van der Waals surface area (Å²) in [4.78, 5) is 16.1. The Morgan fingerprint density at radius 1 is 1.53 bits per heavy atom. The topological polar surface area (TPSA) is 67.2 Å². The van der Waals surface area contributed by atoms with Gasteiger partial charge in [-0.1, -0.05) is 11.6 Å². The maximum absolute atomic E-state index is 12.0. The van der Waals surface area contributed by atoms with Gasteiger partial charge >= 0.3 is 0 Å². The summed E-state index contributed by atoms with van der Waals surface area (Å²) >= 11 is 5.98. The van der Waals surface area contributed by atoms with Gasteiger partial charge in [0, 0.05) is 24.8 Å². The van der Waals surface area contributed by atoms with Crippen LogP contribution in [0.4, 0.5) is 5.82 Å². The van der Waals surface area contributed by atoms with Crippen LogP contribution in [0.5, 0.6) is 0 Å². The second kappa shape index (κ2) is 6.24. The first-order valence-corrected chi connectivity index (χ1v) is 6.27. The Morgan fingerprint density at radius 3 is 3.05 bits per heavy atom. The van der Waals surface area contributed by atoms with Crippen LogP contribution >= 0.6 is 11.6 Å². The Hall–Kier alpha value is -2.01. The number of aromatic nitrogens is 1. The minimum Gasteiger partial charge on any atom is -0.472 e. The Balaban J connectivity index is 2.07. The number of hydrogen-bond donors (Lipinski definition) is 2. The summed E-state index contributed by atoms with van der Waals surface area (Å²) in [6.07, 6.45) is 4.61. The molecule has 1 amide bonds. The Bertz CT molecular complexity index is 555. The first kappa shape index (κ1) is 13.4. The maximum Gasteiger partial charge on any atom is 0.253 e.